The molecule has 0 aliphatic carbocycles. The molecule has 0 fully saturated rings. The van der Waals surface area contributed by atoms with Crippen molar-refractivity contribution in [1.82, 2.24) is 4.90 Å². The van der Waals surface area contributed by atoms with Crippen molar-refractivity contribution < 1.29 is 9.13 Å². The molecule has 1 aliphatic heterocycles. The van der Waals surface area contributed by atoms with Crippen LogP contribution in [-0.2, 0) is 0 Å². The van der Waals surface area contributed by atoms with E-state index in [1.165, 1.54) is 18.2 Å². The monoisotopic (exact) mass is 287 g/mol. The fourth-order valence-electron chi connectivity index (χ4n) is 1.59. The number of nitrogens with zero attached hydrogens (tertiary/aromatic N) is 3. The van der Waals surface area contributed by atoms with Crippen molar-refractivity contribution in [2.75, 3.05) is 13.2 Å². The standard InChI is InChI=1S/C11H11ClFN3OS/c1-2-16-10(14-15-11(16)18)6-17-9-4-3-7(13)5-8(9)12/h3-5,10H,2,6H2,1H3. The van der Waals surface area contributed by atoms with Gasteiger partial charge in [-0.1, -0.05) is 11.6 Å². The summed E-state index contributed by atoms with van der Waals surface area (Å²) in [4.78, 5) is 1.84. The molecule has 1 aliphatic rings. The van der Waals surface area contributed by atoms with Gasteiger partial charge in [0, 0.05) is 6.54 Å². The molecule has 1 atom stereocenters. The maximum atomic E-state index is 12.9. The van der Waals surface area contributed by atoms with Crippen molar-refractivity contribution in [2.24, 2.45) is 10.2 Å². The summed E-state index contributed by atoms with van der Waals surface area (Å²) in [6.45, 7) is 2.93. The topological polar surface area (TPSA) is 37.2 Å². The lowest BCUT2D eigenvalue weighted by molar-refractivity contribution is 0.215. The Bertz CT molecular complexity index is 497. The number of thiocarbonyl (C=S) groups is 1. The van der Waals surface area contributed by atoms with Crippen LogP contribution >= 0.6 is 23.8 Å². The van der Waals surface area contributed by atoms with Crippen LogP contribution in [0.15, 0.2) is 28.4 Å². The zero-order chi connectivity index (χ0) is 13.1. The first-order chi connectivity index (χ1) is 8.61. The van der Waals surface area contributed by atoms with Gasteiger partial charge in [0.1, 0.15) is 18.2 Å². The first-order valence-corrected chi connectivity index (χ1v) is 6.19. The molecule has 1 heterocycles. The summed E-state index contributed by atoms with van der Waals surface area (Å²) in [5, 5.41) is 8.51. The van der Waals surface area contributed by atoms with Crippen LogP contribution in [-0.4, -0.2) is 29.3 Å². The van der Waals surface area contributed by atoms with Gasteiger partial charge in [0.15, 0.2) is 6.17 Å². The smallest absolute Gasteiger partial charge is 0.217 e. The van der Waals surface area contributed by atoms with E-state index in [4.69, 9.17) is 28.6 Å². The molecule has 0 saturated carbocycles. The molecule has 4 nitrogen and oxygen atoms in total. The first kappa shape index (κ1) is 13.2. The van der Waals surface area contributed by atoms with Crippen molar-refractivity contribution in [3.05, 3.63) is 29.0 Å². The minimum atomic E-state index is -0.399. The Morgan fingerprint density at radius 3 is 3.00 bits per heavy atom. The lowest BCUT2D eigenvalue weighted by Crippen LogP contribution is -2.36. The molecule has 0 amide bonds. The zero-order valence-electron chi connectivity index (χ0n) is 9.64. The van der Waals surface area contributed by atoms with E-state index in [1.807, 2.05) is 11.8 Å². The van der Waals surface area contributed by atoms with Crippen molar-refractivity contribution in [2.45, 2.75) is 13.1 Å². The predicted molar refractivity (Wildman–Crippen MR) is 70.5 cm³/mol. The fraction of sp³-hybridized carbons (Fsp3) is 0.364. The molecule has 1 unspecified atom stereocenters. The molecule has 0 saturated heterocycles. The molecule has 0 aromatic heterocycles. The van der Waals surface area contributed by atoms with Crippen LogP contribution in [0.5, 0.6) is 5.75 Å². The molecule has 0 radical (unpaired) electrons. The molecule has 1 aromatic rings. The van der Waals surface area contributed by atoms with E-state index in [1.54, 1.807) is 0 Å². The van der Waals surface area contributed by atoms with Gasteiger partial charge < -0.3 is 9.64 Å². The molecule has 0 N–H and O–H groups in total. The maximum absolute atomic E-state index is 12.9. The van der Waals surface area contributed by atoms with E-state index in [-0.39, 0.29) is 17.8 Å². The number of hydrogen-bond donors (Lipinski definition) is 0. The third-order valence-electron chi connectivity index (χ3n) is 2.50. The van der Waals surface area contributed by atoms with E-state index in [0.29, 0.717) is 17.4 Å². The van der Waals surface area contributed by atoms with Gasteiger partial charge >= 0.3 is 0 Å². The summed E-state index contributed by atoms with van der Waals surface area (Å²) in [6, 6.07) is 3.98. The number of likely N-dealkylation sites (N-methyl/N-ethyl adjacent to an activating group) is 1. The second-order valence-corrected chi connectivity index (χ2v) is 4.42. The SMILES string of the molecule is CCN1C(=S)N=NC1COc1ccc(F)cc1Cl. The average Bonchev–Trinajstić information content (AvgIpc) is 2.69. The van der Waals surface area contributed by atoms with Crippen molar-refractivity contribution >= 4 is 28.9 Å². The molecule has 1 aromatic carbocycles. The number of rotatable bonds is 4. The van der Waals surface area contributed by atoms with Crippen LogP contribution in [0.4, 0.5) is 4.39 Å². The van der Waals surface area contributed by atoms with Crippen LogP contribution in [0.25, 0.3) is 0 Å². The molecule has 0 spiro atoms. The highest BCUT2D eigenvalue weighted by Gasteiger charge is 2.25. The van der Waals surface area contributed by atoms with Crippen molar-refractivity contribution in [3.8, 4) is 5.75 Å². The average molecular weight is 288 g/mol. The van der Waals surface area contributed by atoms with Gasteiger partial charge in [-0.2, -0.15) is 5.11 Å². The molecule has 2 rings (SSSR count). The van der Waals surface area contributed by atoms with Crippen LogP contribution in [0.3, 0.4) is 0 Å². The summed E-state index contributed by atoms with van der Waals surface area (Å²) < 4.78 is 18.4. The number of halogens is 2. The Morgan fingerprint density at radius 1 is 1.56 bits per heavy atom. The summed E-state index contributed by atoms with van der Waals surface area (Å²) in [5.74, 6) is 0.0198. The summed E-state index contributed by atoms with van der Waals surface area (Å²) >= 11 is 10.9. The highest BCUT2D eigenvalue weighted by Crippen LogP contribution is 2.25. The number of benzene rings is 1. The van der Waals surface area contributed by atoms with Crippen molar-refractivity contribution in [3.63, 3.8) is 0 Å². The Kier molecular flexibility index (Phi) is 4.08. The molecule has 0 bridgehead atoms. The highest BCUT2D eigenvalue weighted by molar-refractivity contribution is 7.80. The van der Waals surface area contributed by atoms with Gasteiger partial charge in [0.2, 0.25) is 5.11 Å². The van der Waals surface area contributed by atoms with Crippen LogP contribution in [0.1, 0.15) is 6.92 Å². The van der Waals surface area contributed by atoms with Gasteiger partial charge in [-0.05, 0) is 37.3 Å². The van der Waals surface area contributed by atoms with Gasteiger partial charge in [-0.15, -0.1) is 5.11 Å². The Balaban J connectivity index is 1.99. The third-order valence-corrected chi connectivity index (χ3v) is 3.12. The minimum absolute atomic E-state index is 0.232. The van der Waals surface area contributed by atoms with E-state index in [2.05, 4.69) is 10.2 Å². The molecular formula is C11H11ClFN3OS. The Hall–Kier alpha value is -1.27. The third kappa shape index (κ3) is 2.76. The van der Waals surface area contributed by atoms with E-state index in [0.717, 1.165) is 0 Å². The van der Waals surface area contributed by atoms with E-state index < -0.39 is 5.82 Å². The van der Waals surface area contributed by atoms with Crippen LogP contribution in [0, 0.1) is 5.82 Å². The minimum Gasteiger partial charge on any atom is -0.488 e. The van der Waals surface area contributed by atoms with Crippen LogP contribution in [0.2, 0.25) is 5.02 Å². The molecule has 18 heavy (non-hydrogen) atoms. The number of hydrogen-bond acceptors (Lipinski definition) is 3. The van der Waals surface area contributed by atoms with Crippen molar-refractivity contribution in [1.29, 1.82) is 0 Å². The zero-order valence-corrected chi connectivity index (χ0v) is 11.2. The molecule has 96 valence electrons. The fourth-order valence-corrected chi connectivity index (χ4v) is 2.11. The lowest BCUT2D eigenvalue weighted by atomic mass is 10.3. The highest BCUT2D eigenvalue weighted by atomic mass is 35.5. The van der Waals surface area contributed by atoms with E-state index >= 15 is 0 Å². The van der Waals surface area contributed by atoms with Crippen LogP contribution < -0.4 is 4.74 Å². The van der Waals surface area contributed by atoms with Gasteiger partial charge in [0.05, 0.1) is 5.02 Å². The quantitative estimate of drug-likeness (QED) is 0.798. The second-order valence-electron chi connectivity index (χ2n) is 3.65. The largest absolute Gasteiger partial charge is 0.488 e. The Labute approximate surface area is 114 Å². The Morgan fingerprint density at radius 2 is 2.33 bits per heavy atom. The number of ether oxygens (including phenoxy) is 1. The maximum Gasteiger partial charge on any atom is 0.217 e. The first-order valence-electron chi connectivity index (χ1n) is 5.41. The van der Waals surface area contributed by atoms with Gasteiger partial charge in [-0.3, -0.25) is 0 Å². The lowest BCUT2D eigenvalue weighted by Gasteiger charge is -2.21. The summed E-state index contributed by atoms with van der Waals surface area (Å²) in [7, 11) is 0. The normalized spacial score (nSPS) is 18.5. The second kappa shape index (κ2) is 5.58. The molecule has 7 heteroatoms. The van der Waals surface area contributed by atoms with Gasteiger partial charge in [0.25, 0.3) is 0 Å². The molecular weight excluding hydrogens is 277 g/mol. The predicted octanol–water partition coefficient (Wildman–Crippen LogP) is 3.26. The van der Waals surface area contributed by atoms with E-state index in [9.17, 15) is 4.39 Å². The van der Waals surface area contributed by atoms with Gasteiger partial charge in [-0.25, -0.2) is 4.39 Å². The summed E-state index contributed by atoms with van der Waals surface area (Å²) in [6.07, 6.45) is -0.247. The number of azo groups is 1. The summed E-state index contributed by atoms with van der Waals surface area (Å²) in [5.41, 5.74) is 0.